The molecule has 0 amide bonds. The normalized spacial score (nSPS) is 11.0. The predicted octanol–water partition coefficient (Wildman–Crippen LogP) is 4.38. The van der Waals surface area contributed by atoms with Gasteiger partial charge in [0.05, 0.1) is 11.4 Å². The van der Waals surface area contributed by atoms with Crippen molar-refractivity contribution in [3.05, 3.63) is 78.0 Å². The summed E-state index contributed by atoms with van der Waals surface area (Å²) < 4.78 is 1.43. The fraction of sp³-hybridized carbons (Fsp3) is 0.0526. The van der Waals surface area contributed by atoms with Gasteiger partial charge in [0.2, 0.25) is 5.91 Å². The highest BCUT2D eigenvalue weighted by molar-refractivity contribution is 5.82. The summed E-state index contributed by atoms with van der Waals surface area (Å²) in [6.07, 6.45) is 3.89. The van der Waals surface area contributed by atoms with Crippen molar-refractivity contribution in [2.75, 3.05) is 0 Å². The fourth-order valence-electron chi connectivity index (χ4n) is 2.26. The van der Waals surface area contributed by atoms with Crippen LogP contribution in [0.1, 0.15) is 23.0 Å². The average Bonchev–Trinajstić information content (AvgIpc) is 2.99. The van der Waals surface area contributed by atoms with Gasteiger partial charge in [0.1, 0.15) is 0 Å². The topological polar surface area (TPSA) is 34.9 Å². The first-order chi connectivity index (χ1) is 10.7. The van der Waals surface area contributed by atoms with Crippen LogP contribution in [0.5, 0.6) is 0 Å². The highest BCUT2D eigenvalue weighted by atomic mass is 16.2. The second kappa shape index (κ2) is 6.22. The van der Waals surface area contributed by atoms with E-state index < -0.39 is 0 Å². The molecule has 0 radical (unpaired) electrons. The van der Waals surface area contributed by atoms with Crippen LogP contribution in [0.4, 0.5) is 0 Å². The van der Waals surface area contributed by atoms with Crippen LogP contribution >= 0.6 is 0 Å². The van der Waals surface area contributed by atoms with Crippen molar-refractivity contribution in [3.8, 4) is 11.3 Å². The molecule has 0 N–H and O–H groups in total. The first-order valence-electron chi connectivity index (χ1n) is 7.13. The summed E-state index contributed by atoms with van der Waals surface area (Å²) in [5, 5.41) is 4.41. The Balaban J connectivity index is 1.98. The van der Waals surface area contributed by atoms with Crippen molar-refractivity contribution < 1.29 is 4.79 Å². The summed E-state index contributed by atoms with van der Waals surface area (Å²) in [6.45, 7) is 1.52. The van der Waals surface area contributed by atoms with E-state index in [9.17, 15) is 4.79 Å². The molecule has 0 aliphatic rings. The van der Waals surface area contributed by atoms with Crippen LogP contribution in [0.3, 0.4) is 0 Å². The minimum atomic E-state index is -0.102. The van der Waals surface area contributed by atoms with Gasteiger partial charge in [-0.25, -0.2) is 4.68 Å². The molecule has 0 unspecified atom stereocenters. The summed E-state index contributed by atoms with van der Waals surface area (Å²) in [5.41, 5.74) is 3.65. The molecule has 1 heterocycles. The molecule has 3 rings (SSSR count). The molecule has 3 aromatic rings. The molecule has 0 spiro atoms. The minimum absolute atomic E-state index is 0.102. The molecule has 0 aliphatic carbocycles. The molecule has 0 saturated heterocycles. The summed E-state index contributed by atoms with van der Waals surface area (Å²) in [6, 6.07) is 21.8. The molecule has 22 heavy (non-hydrogen) atoms. The molecular formula is C19H16N2O. The number of nitrogens with zero attached hydrogens (tertiary/aromatic N) is 2. The minimum Gasteiger partial charge on any atom is -0.273 e. The molecule has 2 aromatic carbocycles. The number of hydrogen-bond acceptors (Lipinski definition) is 2. The third-order valence-corrected chi connectivity index (χ3v) is 3.35. The van der Waals surface area contributed by atoms with Crippen molar-refractivity contribution in [1.29, 1.82) is 0 Å². The van der Waals surface area contributed by atoms with E-state index in [2.05, 4.69) is 5.10 Å². The standard InChI is InChI=1S/C19H16N2O/c1-15(22)21-18(13-12-16-8-4-2-5-9-16)14-19(20-21)17-10-6-3-7-11-17/h2-14H,1H3/b13-12+. The Hall–Kier alpha value is -2.94. The highest BCUT2D eigenvalue weighted by Crippen LogP contribution is 2.20. The quantitative estimate of drug-likeness (QED) is 0.717. The third kappa shape index (κ3) is 3.04. The zero-order valence-electron chi connectivity index (χ0n) is 12.3. The number of hydrogen-bond donors (Lipinski definition) is 0. The van der Waals surface area contributed by atoms with Crippen LogP contribution in [0, 0.1) is 0 Å². The molecule has 108 valence electrons. The van der Waals surface area contributed by atoms with Crippen molar-refractivity contribution >= 4 is 18.1 Å². The maximum Gasteiger partial charge on any atom is 0.244 e. The Labute approximate surface area is 129 Å². The summed E-state index contributed by atoms with van der Waals surface area (Å²) in [5.74, 6) is -0.102. The number of carbonyl (C=O) groups excluding carboxylic acids is 1. The summed E-state index contributed by atoms with van der Waals surface area (Å²) in [7, 11) is 0. The number of rotatable bonds is 3. The first-order valence-corrected chi connectivity index (χ1v) is 7.13. The van der Waals surface area contributed by atoms with E-state index in [1.807, 2.05) is 78.9 Å². The van der Waals surface area contributed by atoms with Gasteiger partial charge in [-0.2, -0.15) is 5.10 Å². The van der Waals surface area contributed by atoms with E-state index >= 15 is 0 Å². The van der Waals surface area contributed by atoms with Gasteiger partial charge < -0.3 is 0 Å². The fourth-order valence-corrected chi connectivity index (χ4v) is 2.26. The Morgan fingerprint density at radius 3 is 2.23 bits per heavy atom. The number of carbonyl (C=O) groups is 1. The second-order valence-electron chi connectivity index (χ2n) is 5.00. The Morgan fingerprint density at radius 1 is 0.955 bits per heavy atom. The van der Waals surface area contributed by atoms with E-state index in [0.29, 0.717) is 0 Å². The molecule has 0 bridgehead atoms. The zero-order chi connectivity index (χ0) is 15.4. The van der Waals surface area contributed by atoms with Crippen LogP contribution < -0.4 is 0 Å². The van der Waals surface area contributed by atoms with E-state index in [0.717, 1.165) is 22.5 Å². The lowest BCUT2D eigenvalue weighted by Gasteiger charge is -1.97. The lowest BCUT2D eigenvalue weighted by molar-refractivity contribution is 0.0921. The van der Waals surface area contributed by atoms with Crippen LogP contribution in [0.15, 0.2) is 66.7 Å². The lowest BCUT2D eigenvalue weighted by atomic mass is 10.1. The lowest BCUT2D eigenvalue weighted by Crippen LogP contribution is -2.09. The average molecular weight is 288 g/mol. The summed E-state index contributed by atoms with van der Waals surface area (Å²) >= 11 is 0. The number of benzene rings is 2. The van der Waals surface area contributed by atoms with Gasteiger partial charge in [0.25, 0.3) is 0 Å². The van der Waals surface area contributed by atoms with E-state index in [1.165, 1.54) is 11.6 Å². The van der Waals surface area contributed by atoms with Crippen LogP contribution in [-0.4, -0.2) is 15.7 Å². The van der Waals surface area contributed by atoms with Crippen molar-refractivity contribution in [2.24, 2.45) is 0 Å². The molecule has 3 nitrogen and oxygen atoms in total. The number of aromatic nitrogens is 2. The van der Waals surface area contributed by atoms with Gasteiger partial charge in [-0.15, -0.1) is 0 Å². The molecule has 0 fully saturated rings. The molecule has 0 aliphatic heterocycles. The van der Waals surface area contributed by atoms with Gasteiger partial charge in [0, 0.05) is 12.5 Å². The summed E-state index contributed by atoms with van der Waals surface area (Å²) in [4.78, 5) is 11.8. The molecule has 1 aromatic heterocycles. The van der Waals surface area contributed by atoms with Gasteiger partial charge in [-0.05, 0) is 17.7 Å². The SMILES string of the molecule is CC(=O)n1nc(-c2ccccc2)cc1/C=C/c1ccccc1. The molecule has 3 heteroatoms. The zero-order valence-corrected chi connectivity index (χ0v) is 12.3. The van der Waals surface area contributed by atoms with Crippen LogP contribution in [0.25, 0.3) is 23.4 Å². The Kier molecular flexibility index (Phi) is 3.97. The van der Waals surface area contributed by atoms with Gasteiger partial charge in [-0.3, -0.25) is 4.79 Å². The maximum atomic E-state index is 11.8. The monoisotopic (exact) mass is 288 g/mol. The maximum absolute atomic E-state index is 11.8. The molecule has 0 atom stereocenters. The Bertz CT molecular complexity index is 802. The van der Waals surface area contributed by atoms with Crippen LogP contribution in [-0.2, 0) is 0 Å². The first kappa shape index (κ1) is 14.0. The van der Waals surface area contributed by atoms with Crippen LogP contribution in [0.2, 0.25) is 0 Å². The van der Waals surface area contributed by atoms with Gasteiger partial charge >= 0.3 is 0 Å². The van der Waals surface area contributed by atoms with Gasteiger partial charge in [-0.1, -0.05) is 66.7 Å². The van der Waals surface area contributed by atoms with E-state index in [4.69, 9.17) is 0 Å². The third-order valence-electron chi connectivity index (χ3n) is 3.35. The molecule has 0 saturated carbocycles. The van der Waals surface area contributed by atoms with Gasteiger partial charge in [0.15, 0.2) is 0 Å². The molecular weight excluding hydrogens is 272 g/mol. The van der Waals surface area contributed by atoms with E-state index in [-0.39, 0.29) is 5.91 Å². The smallest absolute Gasteiger partial charge is 0.244 e. The Morgan fingerprint density at radius 2 is 1.59 bits per heavy atom. The van der Waals surface area contributed by atoms with Crippen molar-refractivity contribution in [3.63, 3.8) is 0 Å². The van der Waals surface area contributed by atoms with Crippen molar-refractivity contribution in [1.82, 2.24) is 9.78 Å². The largest absolute Gasteiger partial charge is 0.273 e. The predicted molar refractivity (Wildman–Crippen MR) is 89.3 cm³/mol. The second-order valence-corrected chi connectivity index (χ2v) is 5.00. The highest BCUT2D eigenvalue weighted by Gasteiger charge is 2.10. The van der Waals surface area contributed by atoms with E-state index in [1.54, 1.807) is 0 Å². The van der Waals surface area contributed by atoms with Crippen molar-refractivity contribution in [2.45, 2.75) is 6.92 Å².